The second-order valence-corrected chi connectivity index (χ2v) is 9.60. The Morgan fingerprint density at radius 2 is 1.12 bits per heavy atom. The third-order valence-electron chi connectivity index (χ3n) is 7.16. The van der Waals surface area contributed by atoms with E-state index in [0.29, 0.717) is 0 Å². The fourth-order valence-electron chi connectivity index (χ4n) is 5.06. The van der Waals surface area contributed by atoms with Crippen molar-refractivity contribution >= 4 is 44.9 Å². The summed E-state index contributed by atoms with van der Waals surface area (Å²) in [6.07, 6.45) is 0. The number of benzene rings is 6. The van der Waals surface area contributed by atoms with Crippen molar-refractivity contribution in [1.29, 1.82) is 0 Å². The zero-order valence-corrected chi connectivity index (χ0v) is 22.0. The molecule has 5 heteroatoms. The Balaban J connectivity index is 1.43. The van der Waals surface area contributed by atoms with Crippen molar-refractivity contribution in [2.75, 3.05) is 16.8 Å². The van der Waals surface area contributed by atoms with Crippen LogP contribution in [0.4, 0.5) is 34.1 Å². The maximum absolute atomic E-state index is 11.1. The highest BCUT2D eigenvalue weighted by molar-refractivity contribution is 5.99. The molecule has 5 nitrogen and oxygen atoms in total. The van der Waals surface area contributed by atoms with Crippen molar-refractivity contribution in [3.05, 3.63) is 156 Å². The molecule has 0 aliphatic heterocycles. The normalized spacial score (nSPS) is 10.8. The van der Waals surface area contributed by atoms with Crippen LogP contribution >= 0.6 is 0 Å². The molecule has 0 radical (unpaired) electrons. The first-order valence-electron chi connectivity index (χ1n) is 13.1. The van der Waals surface area contributed by atoms with E-state index in [1.54, 1.807) is 12.1 Å². The third kappa shape index (κ3) is 4.88. The monoisotopic (exact) mass is 521 g/mol. The minimum Gasteiger partial charge on any atom is -0.345 e. The maximum atomic E-state index is 11.1. The molecule has 0 aliphatic carbocycles. The summed E-state index contributed by atoms with van der Waals surface area (Å²) in [5.41, 5.74) is 7.45. The summed E-state index contributed by atoms with van der Waals surface area (Å²) in [6, 6.07) is 48.9. The van der Waals surface area contributed by atoms with Crippen LogP contribution in [0.1, 0.15) is 0 Å². The molecule has 194 valence electrons. The number of fused-ring (bicyclic) bond motifs is 1. The summed E-state index contributed by atoms with van der Waals surface area (Å²) in [7, 11) is 1.96. The Morgan fingerprint density at radius 3 is 1.85 bits per heavy atom. The topological polar surface area (TPSA) is 49.6 Å². The second-order valence-electron chi connectivity index (χ2n) is 9.60. The SMILES string of the molecule is CN(c1ccc(N(c2cccc(-c3ccccc3)c2)c2cccc3ccccc23)cc1)c1ccc([N+](=O)[O-])cc1. The van der Waals surface area contributed by atoms with Crippen LogP contribution in [0.15, 0.2) is 146 Å². The van der Waals surface area contributed by atoms with Gasteiger partial charge in [0.2, 0.25) is 0 Å². The molecule has 0 aliphatic rings. The van der Waals surface area contributed by atoms with Gasteiger partial charge < -0.3 is 9.80 Å². The van der Waals surface area contributed by atoms with E-state index in [9.17, 15) is 10.1 Å². The van der Waals surface area contributed by atoms with Gasteiger partial charge in [-0.15, -0.1) is 0 Å². The van der Waals surface area contributed by atoms with Gasteiger partial charge in [0.05, 0.1) is 10.6 Å². The van der Waals surface area contributed by atoms with Crippen LogP contribution in [-0.4, -0.2) is 12.0 Å². The molecule has 0 bridgehead atoms. The van der Waals surface area contributed by atoms with Gasteiger partial charge in [0, 0.05) is 47.3 Å². The summed E-state index contributed by atoms with van der Waals surface area (Å²) in [6.45, 7) is 0. The van der Waals surface area contributed by atoms with Gasteiger partial charge in [-0.25, -0.2) is 0 Å². The van der Waals surface area contributed by atoms with Crippen molar-refractivity contribution in [3.63, 3.8) is 0 Å². The summed E-state index contributed by atoms with van der Waals surface area (Å²) >= 11 is 0. The third-order valence-corrected chi connectivity index (χ3v) is 7.16. The predicted molar refractivity (Wildman–Crippen MR) is 165 cm³/mol. The molecular weight excluding hydrogens is 494 g/mol. The van der Waals surface area contributed by atoms with Crippen molar-refractivity contribution in [1.82, 2.24) is 0 Å². The number of nitro benzene ring substituents is 1. The van der Waals surface area contributed by atoms with Crippen molar-refractivity contribution in [2.24, 2.45) is 0 Å². The quantitative estimate of drug-likeness (QED) is 0.155. The van der Waals surface area contributed by atoms with Crippen molar-refractivity contribution in [3.8, 4) is 11.1 Å². The Bertz CT molecular complexity index is 1780. The highest BCUT2D eigenvalue weighted by atomic mass is 16.6. The minimum atomic E-state index is -0.382. The Labute approximate surface area is 233 Å². The standard InChI is InChI=1S/C35H27N3O2/c1-36(30-19-23-32(24-20-30)38(39)40)29-17-21-31(22-18-29)37(35-16-8-12-27-11-5-6-15-34(27)35)33-14-7-13-28(25-33)26-9-3-2-4-10-26/h2-25H,1H3. The first-order valence-corrected chi connectivity index (χ1v) is 13.1. The first-order chi connectivity index (χ1) is 19.6. The molecule has 0 atom stereocenters. The fourth-order valence-corrected chi connectivity index (χ4v) is 5.06. The van der Waals surface area contributed by atoms with Gasteiger partial charge in [-0.3, -0.25) is 10.1 Å². The maximum Gasteiger partial charge on any atom is 0.269 e. The van der Waals surface area contributed by atoms with E-state index in [4.69, 9.17) is 0 Å². The molecular formula is C35H27N3O2. The van der Waals surface area contributed by atoms with Crippen LogP contribution in [-0.2, 0) is 0 Å². The van der Waals surface area contributed by atoms with Crippen LogP contribution in [0.5, 0.6) is 0 Å². The molecule has 0 saturated heterocycles. The highest BCUT2D eigenvalue weighted by Gasteiger charge is 2.17. The number of hydrogen-bond donors (Lipinski definition) is 0. The van der Waals surface area contributed by atoms with E-state index in [0.717, 1.165) is 34.0 Å². The second kappa shape index (κ2) is 10.8. The Morgan fingerprint density at radius 1 is 0.550 bits per heavy atom. The van der Waals surface area contributed by atoms with Gasteiger partial charge in [-0.2, -0.15) is 0 Å². The molecule has 0 unspecified atom stereocenters. The highest BCUT2D eigenvalue weighted by Crippen LogP contribution is 2.40. The molecule has 0 saturated carbocycles. The zero-order valence-electron chi connectivity index (χ0n) is 22.0. The lowest BCUT2D eigenvalue weighted by Crippen LogP contribution is -2.12. The van der Waals surface area contributed by atoms with Gasteiger partial charge in [-0.05, 0) is 71.1 Å². The number of nitrogens with zero attached hydrogens (tertiary/aromatic N) is 3. The Kier molecular flexibility index (Phi) is 6.69. The average molecular weight is 522 g/mol. The largest absolute Gasteiger partial charge is 0.345 e. The van der Waals surface area contributed by atoms with E-state index < -0.39 is 0 Å². The van der Waals surface area contributed by atoms with Crippen LogP contribution < -0.4 is 9.80 Å². The first kappa shape index (κ1) is 24.9. The van der Waals surface area contributed by atoms with Gasteiger partial charge in [-0.1, -0.05) is 78.9 Å². The van der Waals surface area contributed by atoms with E-state index in [-0.39, 0.29) is 10.6 Å². The van der Waals surface area contributed by atoms with E-state index in [1.165, 1.54) is 28.5 Å². The number of hydrogen-bond acceptors (Lipinski definition) is 4. The van der Waals surface area contributed by atoms with Crippen molar-refractivity contribution < 1.29 is 4.92 Å². The smallest absolute Gasteiger partial charge is 0.269 e. The fraction of sp³-hybridized carbons (Fsp3) is 0.0286. The lowest BCUT2D eigenvalue weighted by Gasteiger charge is -2.28. The number of non-ortho nitro benzene ring substituents is 1. The Hall–Kier alpha value is -5.42. The van der Waals surface area contributed by atoms with Gasteiger partial charge in [0.1, 0.15) is 0 Å². The summed E-state index contributed by atoms with van der Waals surface area (Å²) in [5.74, 6) is 0. The molecule has 0 spiro atoms. The van der Waals surface area contributed by atoms with Crippen LogP contribution in [0, 0.1) is 10.1 Å². The number of nitro groups is 1. The molecule has 0 aromatic heterocycles. The van der Waals surface area contributed by atoms with Gasteiger partial charge in [0.25, 0.3) is 5.69 Å². The lowest BCUT2D eigenvalue weighted by molar-refractivity contribution is -0.384. The molecule has 6 aromatic carbocycles. The van der Waals surface area contributed by atoms with Gasteiger partial charge in [0.15, 0.2) is 0 Å². The minimum absolute atomic E-state index is 0.0796. The summed E-state index contributed by atoms with van der Waals surface area (Å²) < 4.78 is 0. The van der Waals surface area contributed by atoms with Crippen LogP contribution in [0.25, 0.3) is 21.9 Å². The predicted octanol–water partition coefficient (Wildman–Crippen LogP) is 9.65. The van der Waals surface area contributed by atoms with E-state index in [1.807, 2.05) is 18.0 Å². The molecule has 0 heterocycles. The number of anilines is 5. The van der Waals surface area contributed by atoms with Gasteiger partial charge >= 0.3 is 0 Å². The average Bonchev–Trinajstić information content (AvgIpc) is 3.02. The zero-order chi connectivity index (χ0) is 27.5. The van der Waals surface area contributed by atoms with Crippen LogP contribution in [0.3, 0.4) is 0 Å². The van der Waals surface area contributed by atoms with E-state index >= 15 is 0 Å². The molecule has 0 N–H and O–H groups in total. The van der Waals surface area contributed by atoms with Crippen LogP contribution in [0.2, 0.25) is 0 Å². The van der Waals surface area contributed by atoms with E-state index in [2.05, 4.69) is 120 Å². The molecule has 40 heavy (non-hydrogen) atoms. The summed E-state index contributed by atoms with van der Waals surface area (Å²) in [5, 5.41) is 13.4. The molecule has 0 amide bonds. The molecule has 0 fully saturated rings. The summed E-state index contributed by atoms with van der Waals surface area (Å²) in [4.78, 5) is 15.0. The molecule has 6 aromatic rings. The molecule has 6 rings (SSSR count). The lowest BCUT2D eigenvalue weighted by atomic mass is 10.0. The van der Waals surface area contributed by atoms with Crippen molar-refractivity contribution in [2.45, 2.75) is 0 Å². The number of rotatable bonds is 7.